The van der Waals surface area contributed by atoms with E-state index in [9.17, 15) is 14.9 Å². The van der Waals surface area contributed by atoms with E-state index < -0.39 is 4.92 Å². The summed E-state index contributed by atoms with van der Waals surface area (Å²) >= 11 is 0. The fraction of sp³-hybridized carbons (Fsp3) is 0.500. The molecule has 0 saturated carbocycles. The first kappa shape index (κ1) is 16.1. The van der Waals surface area contributed by atoms with Crippen molar-refractivity contribution in [1.29, 1.82) is 0 Å². The van der Waals surface area contributed by atoms with Crippen LogP contribution < -0.4 is 5.73 Å². The van der Waals surface area contributed by atoms with Crippen molar-refractivity contribution in [2.24, 2.45) is 11.1 Å². The zero-order chi connectivity index (χ0) is 15.5. The number of carbonyl (C=O) groups is 1. The molecule has 0 aliphatic heterocycles. The smallest absolute Gasteiger partial charge is 0.270 e. The molecule has 0 bridgehead atoms. The number of hydrogen-bond acceptors (Lipinski definition) is 4. The highest BCUT2D eigenvalue weighted by Crippen LogP contribution is 2.21. The molecular formula is C14H21N3O3. The van der Waals surface area contributed by atoms with Crippen molar-refractivity contribution < 1.29 is 9.72 Å². The number of non-ortho nitro benzene ring substituents is 1. The monoisotopic (exact) mass is 279 g/mol. The molecule has 1 rings (SSSR count). The van der Waals surface area contributed by atoms with E-state index in [-0.39, 0.29) is 17.0 Å². The average molecular weight is 279 g/mol. The second-order valence-electron chi connectivity index (χ2n) is 5.79. The van der Waals surface area contributed by atoms with E-state index >= 15 is 0 Å². The highest BCUT2D eigenvalue weighted by molar-refractivity contribution is 5.96. The molecule has 0 heterocycles. The first-order chi connectivity index (χ1) is 9.18. The van der Waals surface area contributed by atoms with Crippen molar-refractivity contribution in [1.82, 2.24) is 4.90 Å². The summed E-state index contributed by atoms with van der Waals surface area (Å²) in [5.41, 5.74) is 6.46. The summed E-state index contributed by atoms with van der Waals surface area (Å²) in [4.78, 5) is 24.2. The van der Waals surface area contributed by atoms with Crippen LogP contribution in [0.3, 0.4) is 0 Å². The Labute approximate surface area is 118 Å². The Morgan fingerprint density at radius 1 is 1.45 bits per heavy atom. The van der Waals surface area contributed by atoms with Crippen molar-refractivity contribution in [3.05, 3.63) is 39.4 Å². The number of nitro benzene ring substituents is 1. The van der Waals surface area contributed by atoms with Crippen LogP contribution in [-0.4, -0.2) is 35.9 Å². The zero-order valence-corrected chi connectivity index (χ0v) is 12.3. The number of amides is 1. The highest BCUT2D eigenvalue weighted by atomic mass is 16.6. The van der Waals surface area contributed by atoms with Gasteiger partial charge in [-0.05, 0) is 24.4 Å². The van der Waals surface area contributed by atoms with Crippen LogP contribution in [0.15, 0.2) is 18.2 Å². The Kier molecular flexibility index (Phi) is 4.83. The number of nitrogens with zero attached hydrogens (tertiary/aromatic N) is 2. The predicted octanol–water partition coefficient (Wildman–Crippen LogP) is 1.96. The molecule has 1 amide bonds. The minimum absolute atomic E-state index is 0.0783. The van der Waals surface area contributed by atoms with Crippen LogP contribution in [0.1, 0.15) is 29.8 Å². The summed E-state index contributed by atoms with van der Waals surface area (Å²) in [6, 6.07) is 4.31. The van der Waals surface area contributed by atoms with Gasteiger partial charge in [-0.2, -0.15) is 0 Å². The van der Waals surface area contributed by atoms with Crippen LogP contribution in [-0.2, 0) is 0 Å². The van der Waals surface area contributed by atoms with Crippen molar-refractivity contribution in [3.8, 4) is 0 Å². The molecule has 1 aromatic rings. The number of aryl methyl sites for hydroxylation is 1. The number of benzene rings is 1. The topological polar surface area (TPSA) is 89.5 Å². The standard InChI is InChI=1S/C14H21N3O3/c1-10-5-6-11(17(19)20)7-12(10)13(18)16(4)9-14(2,3)8-15/h5-7H,8-9,15H2,1-4H3. The Hall–Kier alpha value is -1.95. The summed E-state index contributed by atoms with van der Waals surface area (Å²) in [5.74, 6) is -0.229. The van der Waals surface area contributed by atoms with E-state index in [1.807, 2.05) is 13.8 Å². The van der Waals surface area contributed by atoms with Crippen LogP contribution in [0.2, 0.25) is 0 Å². The molecule has 0 saturated heterocycles. The summed E-state index contributed by atoms with van der Waals surface area (Å²) in [6.45, 7) is 6.65. The lowest BCUT2D eigenvalue weighted by atomic mass is 9.93. The number of rotatable bonds is 5. The summed E-state index contributed by atoms with van der Waals surface area (Å²) in [6.07, 6.45) is 0. The van der Waals surface area contributed by atoms with Crippen LogP contribution in [0, 0.1) is 22.5 Å². The van der Waals surface area contributed by atoms with Crippen molar-refractivity contribution in [2.75, 3.05) is 20.1 Å². The van der Waals surface area contributed by atoms with Gasteiger partial charge in [0.2, 0.25) is 0 Å². The minimum Gasteiger partial charge on any atom is -0.341 e. The molecule has 1 aromatic carbocycles. The molecule has 0 fully saturated rings. The second kappa shape index (κ2) is 6.00. The van der Waals surface area contributed by atoms with E-state index in [1.165, 1.54) is 12.1 Å². The summed E-state index contributed by atoms with van der Waals surface area (Å²) in [7, 11) is 1.68. The van der Waals surface area contributed by atoms with Crippen LogP contribution in [0.4, 0.5) is 5.69 Å². The predicted molar refractivity (Wildman–Crippen MR) is 77.6 cm³/mol. The maximum absolute atomic E-state index is 12.4. The fourth-order valence-corrected chi connectivity index (χ4v) is 1.94. The number of hydrogen-bond donors (Lipinski definition) is 1. The SMILES string of the molecule is Cc1ccc([N+](=O)[O-])cc1C(=O)N(C)CC(C)(C)CN. The van der Waals surface area contributed by atoms with Gasteiger partial charge >= 0.3 is 0 Å². The van der Waals surface area contributed by atoms with Crippen molar-refractivity contribution in [3.63, 3.8) is 0 Å². The molecular weight excluding hydrogens is 258 g/mol. The third-order valence-electron chi connectivity index (χ3n) is 3.23. The number of nitrogens with two attached hydrogens (primary N) is 1. The van der Waals surface area contributed by atoms with Crippen LogP contribution in [0.25, 0.3) is 0 Å². The number of nitro groups is 1. The van der Waals surface area contributed by atoms with E-state index in [1.54, 1.807) is 24.9 Å². The van der Waals surface area contributed by atoms with Gasteiger partial charge < -0.3 is 10.6 Å². The lowest BCUT2D eigenvalue weighted by molar-refractivity contribution is -0.384. The van der Waals surface area contributed by atoms with E-state index in [0.717, 1.165) is 5.56 Å². The molecule has 0 radical (unpaired) electrons. The molecule has 0 aliphatic carbocycles. The van der Waals surface area contributed by atoms with Gasteiger partial charge in [0.05, 0.1) is 4.92 Å². The van der Waals surface area contributed by atoms with Crippen LogP contribution in [0.5, 0.6) is 0 Å². The van der Waals surface area contributed by atoms with E-state index in [2.05, 4.69) is 0 Å². The molecule has 0 aromatic heterocycles. The van der Waals surface area contributed by atoms with Gasteiger partial charge in [-0.15, -0.1) is 0 Å². The third-order valence-corrected chi connectivity index (χ3v) is 3.23. The maximum atomic E-state index is 12.4. The normalized spacial score (nSPS) is 11.2. The molecule has 0 unspecified atom stereocenters. The molecule has 20 heavy (non-hydrogen) atoms. The zero-order valence-electron chi connectivity index (χ0n) is 12.3. The first-order valence-corrected chi connectivity index (χ1v) is 6.38. The molecule has 6 nitrogen and oxygen atoms in total. The van der Waals surface area contributed by atoms with Crippen molar-refractivity contribution in [2.45, 2.75) is 20.8 Å². The van der Waals surface area contributed by atoms with Gasteiger partial charge in [0.15, 0.2) is 0 Å². The largest absolute Gasteiger partial charge is 0.341 e. The molecule has 0 spiro atoms. The van der Waals surface area contributed by atoms with Gasteiger partial charge in [0.25, 0.3) is 11.6 Å². The van der Waals surface area contributed by atoms with E-state index in [0.29, 0.717) is 18.7 Å². The lowest BCUT2D eigenvalue weighted by Gasteiger charge is -2.29. The fourth-order valence-electron chi connectivity index (χ4n) is 1.94. The molecule has 2 N–H and O–H groups in total. The summed E-state index contributed by atoms with van der Waals surface area (Å²) < 4.78 is 0. The molecule has 110 valence electrons. The van der Waals surface area contributed by atoms with Crippen molar-refractivity contribution >= 4 is 11.6 Å². The highest BCUT2D eigenvalue weighted by Gasteiger charge is 2.23. The third kappa shape index (κ3) is 3.77. The van der Waals surface area contributed by atoms with Crippen LogP contribution >= 0.6 is 0 Å². The Bertz CT molecular complexity index is 526. The van der Waals surface area contributed by atoms with Gasteiger partial charge in [0, 0.05) is 31.3 Å². The van der Waals surface area contributed by atoms with Gasteiger partial charge in [-0.1, -0.05) is 19.9 Å². The Morgan fingerprint density at radius 2 is 2.05 bits per heavy atom. The lowest BCUT2D eigenvalue weighted by Crippen LogP contribution is -2.40. The van der Waals surface area contributed by atoms with Gasteiger partial charge in [-0.3, -0.25) is 14.9 Å². The molecule has 6 heteroatoms. The van der Waals surface area contributed by atoms with Gasteiger partial charge in [-0.25, -0.2) is 0 Å². The summed E-state index contributed by atoms with van der Waals surface area (Å²) in [5, 5.41) is 10.8. The first-order valence-electron chi connectivity index (χ1n) is 6.38. The quantitative estimate of drug-likeness (QED) is 0.659. The van der Waals surface area contributed by atoms with Gasteiger partial charge in [0.1, 0.15) is 0 Å². The Morgan fingerprint density at radius 3 is 2.55 bits per heavy atom. The Balaban J connectivity index is 3.02. The maximum Gasteiger partial charge on any atom is 0.270 e. The minimum atomic E-state index is -0.500. The molecule has 0 aliphatic rings. The molecule has 0 atom stereocenters. The second-order valence-corrected chi connectivity index (χ2v) is 5.79. The average Bonchev–Trinajstić information content (AvgIpc) is 2.37. The number of carbonyl (C=O) groups excluding carboxylic acids is 1. The van der Waals surface area contributed by atoms with E-state index in [4.69, 9.17) is 5.73 Å².